The highest BCUT2D eigenvalue weighted by Crippen LogP contribution is 2.30. The molecule has 20 heavy (non-hydrogen) atoms. The van der Waals surface area contributed by atoms with Crippen LogP contribution in [0.4, 0.5) is 5.69 Å². The van der Waals surface area contributed by atoms with Crippen LogP contribution >= 0.6 is 0 Å². The summed E-state index contributed by atoms with van der Waals surface area (Å²) in [6.07, 6.45) is 2.71. The Balaban J connectivity index is 2.17. The Morgan fingerprint density at radius 2 is 2.15 bits per heavy atom. The molecule has 1 aromatic carbocycles. The number of rotatable bonds is 6. The standard InChI is InChI=1S/C17H28N2O/c1-5-18-14(3)15-8-9-17-16(11-15)7-6-10-19(17)12-13(2)20-4/h8-9,11,13-14,18H,5-7,10,12H2,1-4H3. The third-order valence-electron chi connectivity index (χ3n) is 4.21. The number of hydrogen-bond acceptors (Lipinski definition) is 3. The highest BCUT2D eigenvalue weighted by atomic mass is 16.5. The van der Waals surface area contributed by atoms with Gasteiger partial charge < -0.3 is 15.0 Å². The predicted molar refractivity (Wildman–Crippen MR) is 85.5 cm³/mol. The van der Waals surface area contributed by atoms with Crippen LogP contribution in [0.2, 0.25) is 0 Å². The normalized spacial score (nSPS) is 17.7. The number of nitrogens with zero attached hydrogens (tertiary/aromatic N) is 1. The largest absolute Gasteiger partial charge is 0.380 e. The highest BCUT2D eigenvalue weighted by molar-refractivity contribution is 5.57. The van der Waals surface area contributed by atoms with Gasteiger partial charge in [0.2, 0.25) is 0 Å². The average molecular weight is 276 g/mol. The lowest BCUT2D eigenvalue weighted by Crippen LogP contribution is -2.36. The van der Waals surface area contributed by atoms with E-state index in [0.29, 0.717) is 6.04 Å². The molecule has 0 saturated carbocycles. The van der Waals surface area contributed by atoms with E-state index in [4.69, 9.17) is 4.74 Å². The lowest BCUT2D eigenvalue weighted by Gasteiger charge is -2.33. The number of hydrogen-bond donors (Lipinski definition) is 1. The fraction of sp³-hybridized carbons (Fsp3) is 0.647. The molecular formula is C17H28N2O. The number of methoxy groups -OCH3 is 1. The molecule has 1 N–H and O–H groups in total. The van der Waals surface area contributed by atoms with E-state index in [-0.39, 0.29) is 6.10 Å². The monoisotopic (exact) mass is 276 g/mol. The first-order chi connectivity index (χ1) is 9.65. The van der Waals surface area contributed by atoms with Gasteiger partial charge in [-0.15, -0.1) is 0 Å². The maximum Gasteiger partial charge on any atom is 0.0718 e. The van der Waals surface area contributed by atoms with Gasteiger partial charge in [-0.05, 0) is 50.4 Å². The van der Waals surface area contributed by atoms with Gasteiger partial charge in [0.25, 0.3) is 0 Å². The first kappa shape index (κ1) is 15.3. The summed E-state index contributed by atoms with van der Waals surface area (Å²) in [5, 5.41) is 3.49. The second-order valence-electron chi connectivity index (χ2n) is 5.76. The van der Waals surface area contributed by atoms with Crippen molar-refractivity contribution in [3.8, 4) is 0 Å². The average Bonchev–Trinajstić information content (AvgIpc) is 2.47. The van der Waals surface area contributed by atoms with Crippen molar-refractivity contribution in [3.63, 3.8) is 0 Å². The molecule has 0 amide bonds. The minimum Gasteiger partial charge on any atom is -0.380 e. The van der Waals surface area contributed by atoms with E-state index < -0.39 is 0 Å². The van der Waals surface area contributed by atoms with Crippen LogP contribution in [0.3, 0.4) is 0 Å². The molecule has 0 aromatic heterocycles. The summed E-state index contributed by atoms with van der Waals surface area (Å²) in [4.78, 5) is 2.47. The zero-order chi connectivity index (χ0) is 14.5. The molecule has 0 fully saturated rings. The van der Waals surface area contributed by atoms with Crippen molar-refractivity contribution in [2.45, 2.75) is 45.8 Å². The Kier molecular flexibility index (Phi) is 5.44. The van der Waals surface area contributed by atoms with Crippen LogP contribution in [-0.4, -0.2) is 32.8 Å². The van der Waals surface area contributed by atoms with Gasteiger partial charge in [0.05, 0.1) is 6.10 Å². The third kappa shape index (κ3) is 3.53. The van der Waals surface area contributed by atoms with Gasteiger partial charge in [-0.2, -0.15) is 0 Å². The maximum absolute atomic E-state index is 5.41. The van der Waals surface area contributed by atoms with Crippen LogP contribution < -0.4 is 10.2 Å². The lowest BCUT2D eigenvalue weighted by molar-refractivity contribution is 0.123. The predicted octanol–water partition coefficient (Wildman–Crippen LogP) is 3.14. The minimum atomic E-state index is 0.279. The van der Waals surface area contributed by atoms with E-state index in [1.807, 2.05) is 0 Å². The van der Waals surface area contributed by atoms with E-state index in [1.165, 1.54) is 29.7 Å². The van der Waals surface area contributed by atoms with Crippen LogP contribution in [0, 0.1) is 0 Å². The summed E-state index contributed by atoms with van der Waals surface area (Å²) < 4.78 is 5.41. The van der Waals surface area contributed by atoms with Crippen LogP contribution in [0.25, 0.3) is 0 Å². The van der Waals surface area contributed by atoms with Crippen molar-refractivity contribution in [1.29, 1.82) is 0 Å². The van der Waals surface area contributed by atoms with Gasteiger partial charge in [-0.3, -0.25) is 0 Å². The quantitative estimate of drug-likeness (QED) is 0.864. The smallest absolute Gasteiger partial charge is 0.0718 e. The molecule has 0 radical (unpaired) electrons. The summed E-state index contributed by atoms with van der Waals surface area (Å²) >= 11 is 0. The Labute approximate surface area is 123 Å². The molecular weight excluding hydrogens is 248 g/mol. The number of fused-ring (bicyclic) bond motifs is 1. The zero-order valence-corrected chi connectivity index (χ0v) is 13.3. The maximum atomic E-state index is 5.41. The molecule has 112 valence electrons. The molecule has 1 aliphatic rings. The van der Waals surface area contributed by atoms with Gasteiger partial charge in [0.1, 0.15) is 0 Å². The van der Waals surface area contributed by atoms with Crippen molar-refractivity contribution in [2.24, 2.45) is 0 Å². The van der Waals surface area contributed by atoms with Gasteiger partial charge in [0.15, 0.2) is 0 Å². The summed E-state index contributed by atoms with van der Waals surface area (Å²) in [7, 11) is 1.79. The number of anilines is 1. The summed E-state index contributed by atoms with van der Waals surface area (Å²) in [5.74, 6) is 0. The number of aryl methyl sites for hydroxylation is 1. The van der Waals surface area contributed by atoms with Gasteiger partial charge >= 0.3 is 0 Å². The molecule has 0 spiro atoms. The molecule has 2 unspecified atom stereocenters. The molecule has 0 bridgehead atoms. The third-order valence-corrected chi connectivity index (χ3v) is 4.21. The van der Waals surface area contributed by atoms with E-state index in [0.717, 1.165) is 19.6 Å². The summed E-state index contributed by atoms with van der Waals surface area (Å²) in [6, 6.07) is 7.37. The Morgan fingerprint density at radius 1 is 1.35 bits per heavy atom. The van der Waals surface area contributed by atoms with Crippen LogP contribution in [0.1, 0.15) is 44.4 Å². The van der Waals surface area contributed by atoms with Crippen LogP contribution in [-0.2, 0) is 11.2 Å². The van der Waals surface area contributed by atoms with Gasteiger partial charge in [0, 0.05) is 31.9 Å². The van der Waals surface area contributed by atoms with Crippen molar-refractivity contribution in [2.75, 3.05) is 31.6 Å². The number of ether oxygens (including phenoxy) is 1. The van der Waals surface area contributed by atoms with Crippen LogP contribution in [0.15, 0.2) is 18.2 Å². The molecule has 2 rings (SSSR count). The van der Waals surface area contributed by atoms with Crippen LogP contribution in [0.5, 0.6) is 0 Å². The molecule has 3 heteroatoms. The van der Waals surface area contributed by atoms with E-state index in [1.54, 1.807) is 7.11 Å². The second kappa shape index (κ2) is 7.09. The Hall–Kier alpha value is -1.06. The zero-order valence-electron chi connectivity index (χ0n) is 13.3. The van der Waals surface area contributed by atoms with Crippen molar-refractivity contribution in [3.05, 3.63) is 29.3 Å². The topological polar surface area (TPSA) is 24.5 Å². The fourth-order valence-corrected chi connectivity index (χ4v) is 2.96. The second-order valence-corrected chi connectivity index (χ2v) is 5.76. The van der Waals surface area contributed by atoms with Crippen molar-refractivity contribution in [1.82, 2.24) is 5.32 Å². The van der Waals surface area contributed by atoms with E-state index in [2.05, 4.69) is 49.2 Å². The first-order valence-corrected chi connectivity index (χ1v) is 7.79. The summed E-state index contributed by atoms with van der Waals surface area (Å²) in [5.41, 5.74) is 4.28. The first-order valence-electron chi connectivity index (χ1n) is 7.79. The molecule has 3 nitrogen and oxygen atoms in total. The Morgan fingerprint density at radius 3 is 2.85 bits per heavy atom. The molecule has 1 heterocycles. The molecule has 1 aromatic rings. The minimum absolute atomic E-state index is 0.279. The molecule has 1 aliphatic heterocycles. The van der Waals surface area contributed by atoms with E-state index >= 15 is 0 Å². The number of benzene rings is 1. The van der Waals surface area contributed by atoms with Crippen molar-refractivity contribution < 1.29 is 4.74 Å². The molecule has 0 aliphatic carbocycles. The molecule has 2 atom stereocenters. The summed E-state index contributed by atoms with van der Waals surface area (Å²) in [6.45, 7) is 9.65. The number of nitrogens with one attached hydrogen (secondary N) is 1. The fourth-order valence-electron chi connectivity index (χ4n) is 2.96. The molecule has 0 saturated heterocycles. The Bertz CT molecular complexity index is 433. The highest BCUT2D eigenvalue weighted by Gasteiger charge is 2.19. The SMILES string of the molecule is CCNC(C)c1ccc2c(c1)CCCN2CC(C)OC. The van der Waals surface area contributed by atoms with E-state index in [9.17, 15) is 0 Å². The van der Waals surface area contributed by atoms with Crippen molar-refractivity contribution >= 4 is 5.69 Å². The van der Waals surface area contributed by atoms with Gasteiger partial charge in [-0.25, -0.2) is 0 Å². The van der Waals surface area contributed by atoms with Gasteiger partial charge in [-0.1, -0.05) is 19.1 Å². The lowest BCUT2D eigenvalue weighted by atomic mass is 9.96.